The van der Waals surface area contributed by atoms with E-state index >= 15 is 0 Å². The third kappa shape index (κ3) is 4.42. The summed E-state index contributed by atoms with van der Waals surface area (Å²) in [6, 6.07) is 39.6. The van der Waals surface area contributed by atoms with Crippen molar-refractivity contribution < 1.29 is 0 Å². The van der Waals surface area contributed by atoms with Crippen molar-refractivity contribution in [1.82, 2.24) is 9.97 Å². The Balaban J connectivity index is 1.61. The second-order valence-electron chi connectivity index (χ2n) is 7.28. The van der Waals surface area contributed by atoms with Gasteiger partial charge in [0.05, 0.1) is 11.4 Å². The molecule has 5 aromatic rings. The Morgan fingerprint density at radius 1 is 0.419 bits per heavy atom. The number of aromatic nitrogens is 2. The first-order valence-electron chi connectivity index (χ1n) is 10.1. The summed E-state index contributed by atoms with van der Waals surface area (Å²) >= 11 is 2.34. The molecule has 0 saturated heterocycles. The lowest BCUT2D eigenvalue weighted by atomic mass is 10.0. The summed E-state index contributed by atoms with van der Waals surface area (Å²) in [7, 11) is 0. The van der Waals surface area contributed by atoms with E-state index in [2.05, 4.69) is 114 Å². The van der Waals surface area contributed by atoms with E-state index in [1.807, 2.05) is 24.3 Å². The number of nitrogens with zero attached hydrogens (tertiary/aromatic N) is 2. The molecule has 0 saturated carbocycles. The first-order valence-corrected chi connectivity index (χ1v) is 11.2. The van der Waals surface area contributed by atoms with E-state index in [-0.39, 0.29) is 0 Å². The molecule has 148 valence electrons. The average Bonchev–Trinajstić information content (AvgIpc) is 2.85. The smallest absolute Gasteiger partial charge is 0.160 e. The highest BCUT2D eigenvalue weighted by molar-refractivity contribution is 14.1. The quantitative estimate of drug-likeness (QED) is 0.231. The fourth-order valence-electron chi connectivity index (χ4n) is 3.57. The topological polar surface area (TPSA) is 25.8 Å². The Bertz CT molecular complexity index is 1310. The minimum absolute atomic E-state index is 0.735. The Hall–Kier alpha value is -3.31. The number of rotatable bonds is 4. The van der Waals surface area contributed by atoms with Gasteiger partial charge in [-0.2, -0.15) is 0 Å². The molecular weight excluding hydrogens is 491 g/mol. The molecule has 0 spiro atoms. The van der Waals surface area contributed by atoms with Crippen molar-refractivity contribution in [3.05, 3.63) is 119 Å². The molecule has 0 unspecified atom stereocenters. The van der Waals surface area contributed by atoms with Gasteiger partial charge in [0.1, 0.15) is 0 Å². The zero-order chi connectivity index (χ0) is 21.0. The van der Waals surface area contributed by atoms with Crippen LogP contribution in [-0.4, -0.2) is 9.97 Å². The number of hydrogen-bond acceptors (Lipinski definition) is 2. The lowest BCUT2D eigenvalue weighted by Crippen LogP contribution is -1.96. The van der Waals surface area contributed by atoms with Gasteiger partial charge in [0, 0.05) is 20.3 Å². The lowest BCUT2D eigenvalue weighted by molar-refractivity contribution is 1.18. The Labute approximate surface area is 195 Å². The minimum Gasteiger partial charge on any atom is -0.228 e. The second kappa shape index (κ2) is 8.82. The van der Waals surface area contributed by atoms with Crippen molar-refractivity contribution >= 4 is 22.6 Å². The maximum absolute atomic E-state index is 4.91. The van der Waals surface area contributed by atoms with Crippen molar-refractivity contribution in [3.8, 4) is 45.0 Å². The number of benzene rings is 4. The van der Waals surface area contributed by atoms with E-state index in [1.54, 1.807) is 0 Å². The van der Waals surface area contributed by atoms with Gasteiger partial charge in [0.2, 0.25) is 0 Å². The number of halogens is 1. The van der Waals surface area contributed by atoms with Crippen LogP contribution < -0.4 is 0 Å². The molecule has 4 aromatic carbocycles. The Morgan fingerprint density at radius 2 is 0.935 bits per heavy atom. The summed E-state index contributed by atoms with van der Waals surface area (Å²) in [6.07, 6.45) is 0. The standard InChI is InChI=1S/C28H19IN2/c29-25-13-7-12-24(18-25)27-19-26(30-28(31-27)23-10-5-2-6-11-23)22-16-14-21(15-17-22)20-8-3-1-4-9-20/h1-19H. The van der Waals surface area contributed by atoms with Gasteiger partial charge in [-0.25, -0.2) is 9.97 Å². The van der Waals surface area contributed by atoms with Crippen LogP contribution in [0.1, 0.15) is 0 Å². The monoisotopic (exact) mass is 510 g/mol. The van der Waals surface area contributed by atoms with E-state index in [4.69, 9.17) is 9.97 Å². The molecule has 0 atom stereocenters. The molecular formula is C28H19IN2. The van der Waals surface area contributed by atoms with Crippen LogP contribution in [0.3, 0.4) is 0 Å². The maximum atomic E-state index is 4.91. The summed E-state index contributed by atoms with van der Waals surface area (Å²) in [5, 5.41) is 0. The van der Waals surface area contributed by atoms with Crippen LogP contribution in [0.25, 0.3) is 45.0 Å². The van der Waals surface area contributed by atoms with Crippen LogP contribution in [0, 0.1) is 3.57 Å². The molecule has 31 heavy (non-hydrogen) atoms. The zero-order valence-electron chi connectivity index (χ0n) is 16.7. The molecule has 3 heteroatoms. The molecule has 0 bridgehead atoms. The molecule has 0 amide bonds. The van der Waals surface area contributed by atoms with Crippen molar-refractivity contribution in [2.45, 2.75) is 0 Å². The van der Waals surface area contributed by atoms with Gasteiger partial charge in [0.15, 0.2) is 5.82 Å². The van der Waals surface area contributed by atoms with Gasteiger partial charge in [-0.1, -0.05) is 97.1 Å². The first-order chi connectivity index (χ1) is 15.3. The van der Waals surface area contributed by atoms with Crippen molar-refractivity contribution in [2.24, 2.45) is 0 Å². The Morgan fingerprint density at radius 3 is 1.58 bits per heavy atom. The van der Waals surface area contributed by atoms with Gasteiger partial charge in [-0.15, -0.1) is 0 Å². The van der Waals surface area contributed by atoms with Gasteiger partial charge in [-0.05, 0) is 51.9 Å². The normalized spacial score (nSPS) is 10.7. The molecule has 0 aliphatic rings. The SMILES string of the molecule is Ic1cccc(-c2cc(-c3ccc(-c4ccccc4)cc3)nc(-c3ccccc3)n2)c1. The van der Waals surface area contributed by atoms with E-state index in [1.165, 1.54) is 14.7 Å². The highest BCUT2D eigenvalue weighted by Gasteiger charge is 2.11. The zero-order valence-corrected chi connectivity index (χ0v) is 18.9. The van der Waals surface area contributed by atoms with Crippen molar-refractivity contribution in [1.29, 1.82) is 0 Å². The molecule has 2 nitrogen and oxygen atoms in total. The van der Waals surface area contributed by atoms with Gasteiger partial charge >= 0.3 is 0 Å². The van der Waals surface area contributed by atoms with Gasteiger partial charge < -0.3 is 0 Å². The third-order valence-electron chi connectivity index (χ3n) is 5.17. The van der Waals surface area contributed by atoms with Crippen LogP contribution in [0.5, 0.6) is 0 Å². The molecule has 0 radical (unpaired) electrons. The number of hydrogen-bond donors (Lipinski definition) is 0. The predicted octanol–water partition coefficient (Wildman–Crippen LogP) is 7.75. The second-order valence-corrected chi connectivity index (χ2v) is 8.53. The molecule has 0 N–H and O–H groups in total. The average molecular weight is 510 g/mol. The van der Waals surface area contributed by atoms with Crippen LogP contribution in [0.15, 0.2) is 115 Å². The maximum Gasteiger partial charge on any atom is 0.160 e. The summed E-state index contributed by atoms with van der Waals surface area (Å²) in [4.78, 5) is 9.80. The molecule has 1 aromatic heterocycles. The van der Waals surface area contributed by atoms with Crippen LogP contribution >= 0.6 is 22.6 Å². The van der Waals surface area contributed by atoms with Gasteiger partial charge in [-0.3, -0.25) is 0 Å². The fourth-order valence-corrected chi connectivity index (χ4v) is 4.11. The molecule has 5 rings (SSSR count). The highest BCUT2D eigenvalue weighted by Crippen LogP contribution is 2.29. The summed E-state index contributed by atoms with van der Waals surface area (Å²) in [6.45, 7) is 0. The molecule has 0 aliphatic heterocycles. The van der Waals surface area contributed by atoms with E-state index in [0.717, 1.165) is 33.9 Å². The Kier molecular flexibility index (Phi) is 5.59. The summed E-state index contributed by atoms with van der Waals surface area (Å²) in [5.74, 6) is 0.735. The van der Waals surface area contributed by atoms with Crippen LogP contribution in [0.4, 0.5) is 0 Å². The molecule has 0 aliphatic carbocycles. The van der Waals surface area contributed by atoms with E-state index in [0.29, 0.717) is 0 Å². The van der Waals surface area contributed by atoms with Crippen LogP contribution in [-0.2, 0) is 0 Å². The fraction of sp³-hybridized carbons (Fsp3) is 0. The highest BCUT2D eigenvalue weighted by atomic mass is 127. The van der Waals surface area contributed by atoms with Crippen molar-refractivity contribution in [3.63, 3.8) is 0 Å². The third-order valence-corrected chi connectivity index (χ3v) is 5.84. The lowest BCUT2D eigenvalue weighted by Gasteiger charge is -2.10. The summed E-state index contributed by atoms with van der Waals surface area (Å²) < 4.78 is 1.18. The summed E-state index contributed by atoms with van der Waals surface area (Å²) in [5.41, 5.74) is 7.43. The van der Waals surface area contributed by atoms with Crippen LogP contribution in [0.2, 0.25) is 0 Å². The van der Waals surface area contributed by atoms with Gasteiger partial charge in [0.25, 0.3) is 0 Å². The van der Waals surface area contributed by atoms with Crippen molar-refractivity contribution in [2.75, 3.05) is 0 Å². The molecule has 1 heterocycles. The molecule has 0 fully saturated rings. The largest absolute Gasteiger partial charge is 0.228 e. The van der Waals surface area contributed by atoms with E-state index < -0.39 is 0 Å². The first kappa shape index (κ1) is 19.6. The van der Waals surface area contributed by atoms with E-state index in [9.17, 15) is 0 Å². The predicted molar refractivity (Wildman–Crippen MR) is 136 cm³/mol. The minimum atomic E-state index is 0.735.